The summed E-state index contributed by atoms with van der Waals surface area (Å²) in [5, 5.41) is 15.3. The highest BCUT2D eigenvalue weighted by molar-refractivity contribution is 6.31. The minimum Gasteiger partial charge on any atom is -0.434 e. The van der Waals surface area contributed by atoms with Gasteiger partial charge in [-0.1, -0.05) is 25.4 Å². The maximum Gasteiger partial charge on any atom is 0.387 e. The number of aryl methyl sites for hydroxylation is 2. The molecule has 0 spiro atoms. The van der Waals surface area contributed by atoms with Crippen LogP contribution in [0.2, 0.25) is 5.02 Å². The van der Waals surface area contributed by atoms with Gasteiger partial charge in [-0.25, -0.2) is 9.37 Å². The molecule has 1 aliphatic rings. The van der Waals surface area contributed by atoms with Crippen molar-refractivity contribution in [3.63, 3.8) is 0 Å². The van der Waals surface area contributed by atoms with E-state index in [-0.39, 0.29) is 45.9 Å². The van der Waals surface area contributed by atoms with E-state index in [1.807, 2.05) is 33.8 Å². The highest BCUT2D eigenvalue weighted by Gasteiger charge is 2.36. The Morgan fingerprint density at radius 1 is 1.18 bits per heavy atom. The van der Waals surface area contributed by atoms with E-state index < -0.39 is 29.6 Å². The standard InChI is InChI=1S/C29H28ClF3N8O3/c1-13-8-20(38-39-26(13)40-11-14(2)15(3)28(40)43)17(5)41-12-18(9-35-41)36-27(42)25-16(4)34-10-21(37-25)23-22(44-29(32)33)7-6-19(30)24(23)31/h6-10,12,14-15,17,29H,11H2,1-5H3,(H,36,42)/t14-,15-,17+/m1/s1. The largest absolute Gasteiger partial charge is 0.434 e. The van der Waals surface area contributed by atoms with Crippen molar-refractivity contribution < 1.29 is 27.5 Å². The van der Waals surface area contributed by atoms with Crippen LogP contribution in [0.5, 0.6) is 5.75 Å². The number of nitrogens with one attached hydrogen (secondary N) is 1. The molecule has 3 atom stereocenters. The normalized spacial score (nSPS) is 17.3. The molecule has 1 aliphatic heterocycles. The van der Waals surface area contributed by atoms with Gasteiger partial charge < -0.3 is 10.1 Å². The maximum absolute atomic E-state index is 14.9. The van der Waals surface area contributed by atoms with Crippen LogP contribution in [0.3, 0.4) is 0 Å². The number of aromatic nitrogens is 6. The number of anilines is 2. The average molecular weight is 629 g/mol. The van der Waals surface area contributed by atoms with Crippen LogP contribution in [-0.2, 0) is 4.79 Å². The van der Waals surface area contributed by atoms with Crippen molar-refractivity contribution in [2.45, 2.75) is 47.3 Å². The fraction of sp³-hybridized carbons (Fsp3) is 0.345. The molecule has 1 N–H and O–H groups in total. The van der Waals surface area contributed by atoms with Crippen LogP contribution in [0.4, 0.5) is 24.7 Å². The molecule has 11 nitrogen and oxygen atoms in total. The zero-order valence-electron chi connectivity index (χ0n) is 24.3. The van der Waals surface area contributed by atoms with Gasteiger partial charge in [0.15, 0.2) is 11.6 Å². The first-order valence-electron chi connectivity index (χ1n) is 13.6. The predicted molar refractivity (Wildman–Crippen MR) is 155 cm³/mol. The summed E-state index contributed by atoms with van der Waals surface area (Å²) in [5.41, 5.74) is 1.05. The van der Waals surface area contributed by atoms with Gasteiger partial charge in [-0.3, -0.25) is 24.2 Å². The summed E-state index contributed by atoms with van der Waals surface area (Å²) in [6.07, 6.45) is 4.14. The number of rotatable bonds is 8. The van der Waals surface area contributed by atoms with Crippen LogP contribution < -0.4 is 15.0 Å². The van der Waals surface area contributed by atoms with Crippen LogP contribution in [0.1, 0.15) is 54.3 Å². The van der Waals surface area contributed by atoms with E-state index >= 15 is 0 Å². The number of benzene rings is 1. The summed E-state index contributed by atoms with van der Waals surface area (Å²) in [6, 6.07) is 3.62. The molecule has 230 valence electrons. The first kappa shape index (κ1) is 30.9. The van der Waals surface area contributed by atoms with Crippen molar-refractivity contribution >= 4 is 34.9 Å². The highest BCUT2D eigenvalue weighted by atomic mass is 35.5. The predicted octanol–water partition coefficient (Wildman–Crippen LogP) is 5.62. The van der Waals surface area contributed by atoms with E-state index in [1.54, 1.807) is 15.8 Å². The van der Waals surface area contributed by atoms with Gasteiger partial charge in [-0.2, -0.15) is 19.0 Å². The Labute approximate surface area is 255 Å². The number of carbonyl (C=O) groups is 2. The minimum absolute atomic E-state index is 0.0215. The van der Waals surface area contributed by atoms with Gasteiger partial charge in [0.2, 0.25) is 5.91 Å². The smallest absolute Gasteiger partial charge is 0.387 e. The number of hydrogen-bond acceptors (Lipinski definition) is 8. The summed E-state index contributed by atoms with van der Waals surface area (Å²) in [5.74, 6) is -1.57. The Balaban J connectivity index is 1.35. The molecule has 1 aromatic carbocycles. The van der Waals surface area contributed by atoms with E-state index in [0.717, 1.165) is 23.9 Å². The van der Waals surface area contributed by atoms with Crippen LogP contribution in [0.25, 0.3) is 11.3 Å². The zero-order chi connectivity index (χ0) is 31.9. The molecule has 15 heteroatoms. The Morgan fingerprint density at radius 2 is 1.93 bits per heavy atom. The fourth-order valence-corrected chi connectivity index (χ4v) is 5.03. The lowest BCUT2D eigenvalue weighted by Crippen LogP contribution is -2.28. The number of halogens is 4. The average Bonchev–Trinajstić information content (AvgIpc) is 3.54. The fourth-order valence-electron chi connectivity index (χ4n) is 4.88. The van der Waals surface area contributed by atoms with Crippen molar-refractivity contribution in [2.24, 2.45) is 11.8 Å². The summed E-state index contributed by atoms with van der Waals surface area (Å²) in [4.78, 5) is 35.8. The van der Waals surface area contributed by atoms with Crippen LogP contribution >= 0.6 is 11.6 Å². The summed E-state index contributed by atoms with van der Waals surface area (Å²) in [7, 11) is 0. The Kier molecular flexibility index (Phi) is 8.55. The van der Waals surface area contributed by atoms with Gasteiger partial charge in [0.1, 0.15) is 11.4 Å². The van der Waals surface area contributed by atoms with E-state index in [2.05, 4.69) is 35.3 Å². The molecule has 5 rings (SSSR count). The minimum atomic E-state index is -3.23. The molecule has 0 saturated carbocycles. The third-order valence-corrected chi connectivity index (χ3v) is 7.89. The van der Waals surface area contributed by atoms with Gasteiger partial charge in [0, 0.05) is 18.7 Å². The first-order valence-corrected chi connectivity index (χ1v) is 14.0. The SMILES string of the molecule is Cc1cc([C@H](C)n2cc(NC(=O)c3nc(-c4c(OC(F)F)ccc(Cl)c4F)cnc3C)cn2)nnc1N1C[C@@H](C)[C@@H](C)C1=O. The topological polar surface area (TPSA) is 128 Å². The van der Waals surface area contributed by atoms with Gasteiger partial charge in [0.25, 0.3) is 5.91 Å². The third-order valence-electron chi connectivity index (χ3n) is 7.60. The number of nitrogens with zero attached hydrogens (tertiary/aromatic N) is 7. The molecule has 4 heterocycles. The Bertz CT molecular complexity index is 1750. The number of hydrogen-bond donors (Lipinski definition) is 1. The number of alkyl halides is 2. The van der Waals surface area contributed by atoms with E-state index in [1.165, 1.54) is 13.1 Å². The summed E-state index contributed by atoms with van der Waals surface area (Å²) in [6.45, 7) is 6.52. The summed E-state index contributed by atoms with van der Waals surface area (Å²) < 4.78 is 46.8. The molecule has 1 fully saturated rings. The molecular weight excluding hydrogens is 601 g/mol. The Morgan fingerprint density at radius 3 is 2.59 bits per heavy atom. The number of amides is 2. The molecule has 4 aromatic rings. The summed E-state index contributed by atoms with van der Waals surface area (Å²) >= 11 is 5.87. The van der Waals surface area contributed by atoms with Crippen molar-refractivity contribution in [3.05, 3.63) is 70.3 Å². The molecule has 0 unspecified atom stereocenters. The molecule has 0 radical (unpaired) electrons. The van der Waals surface area contributed by atoms with Crippen molar-refractivity contribution in [3.8, 4) is 17.0 Å². The second-order valence-corrected chi connectivity index (χ2v) is 11.0. The molecule has 0 aliphatic carbocycles. The molecule has 1 saturated heterocycles. The van der Waals surface area contributed by atoms with Crippen molar-refractivity contribution in [1.82, 2.24) is 29.9 Å². The molecule has 0 bridgehead atoms. The Hall–Kier alpha value is -4.59. The molecule has 44 heavy (non-hydrogen) atoms. The van der Waals surface area contributed by atoms with Gasteiger partial charge >= 0.3 is 6.61 Å². The molecule has 2 amide bonds. The van der Waals surface area contributed by atoms with Crippen molar-refractivity contribution in [2.75, 3.05) is 16.8 Å². The lowest BCUT2D eigenvalue weighted by Gasteiger charge is -2.19. The highest BCUT2D eigenvalue weighted by Crippen LogP contribution is 2.36. The lowest BCUT2D eigenvalue weighted by atomic mass is 10.0. The monoisotopic (exact) mass is 628 g/mol. The van der Waals surface area contributed by atoms with Crippen molar-refractivity contribution in [1.29, 1.82) is 0 Å². The van der Waals surface area contributed by atoms with Crippen LogP contribution in [0, 0.1) is 31.5 Å². The van der Waals surface area contributed by atoms with E-state index in [4.69, 9.17) is 11.6 Å². The zero-order valence-corrected chi connectivity index (χ0v) is 25.1. The number of ether oxygens (including phenoxy) is 1. The quantitative estimate of drug-likeness (QED) is 0.266. The maximum atomic E-state index is 14.9. The molecular formula is C29H28ClF3N8O3. The van der Waals surface area contributed by atoms with Gasteiger partial charge in [-0.15, -0.1) is 5.10 Å². The van der Waals surface area contributed by atoms with Gasteiger partial charge in [-0.05, 0) is 50.5 Å². The second kappa shape index (κ2) is 12.2. The molecule has 3 aromatic heterocycles. The van der Waals surface area contributed by atoms with E-state index in [0.29, 0.717) is 23.7 Å². The first-order chi connectivity index (χ1) is 20.8. The van der Waals surface area contributed by atoms with Crippen LogP contribution in [-0.4, -0.2) is 54.9 Å². The number of carbonyl (C=O) groups excluding carboxylic acids is 2. The third kappa shape index (κ3) is 5.94. The lowest BCUT2D eigenvalue weighted by molar-refractivity contribution is -0.120. The second-order valence-electron chi connectivity index (χ2n) is 10.6. The van der Waals surface area contributed by atoms with Gasteiger partial charge in [0.05, 0.1) is 51.8 Å². The van der Waals surface area contributed by atoms with Crippen LogP contribution in [0.15, 0.2) is 36.8 Å². The van der Waals surface area contributed by atoms with E-state index in [9.17, 15) is 22.8 Å².